The van der Waals surface area contributed by atoms with E-state index in [1.165, 1.54) is 5.56 Å². The molecule has 10 nitrogen and oxygen atoms in total. The van der Waals surface area contributed by atoms with E-state index in [4.69, 9.17) is 21.3 Å². The molecule has 0 radical (unpaired) electrons. The number of carbonyl (C=O) groups excluding carboxylic acids is 1. The van der Waals surface area contributed by atoms with Crippen LogP contribution in [0.25, 0.3) is 10.9 Å². The van der Waals surface area contributed by atoms with Crippen molar-refractivity contribution in [2.45, 2.75) is 38.8 Å². The summed E-state index contributed by atoms with van der Waals surface area (Å²) in [6, 6.07) is 6.92. The number of rotatable bonds is 6. The number of aryl methyl sites for hydroxylation is 1. The Bertz CT molecular complexity index is 1540. The highest BCUT2D eigenvalue weighted by molar-refractivity contribution is 6.41. The summed E-state index contributed by atoms with van der Waals surface area (Å²) in [6.45, 7) is 10.8. The topological polar surface area (TPSA) is 105 Å². The maximum absolute atomic E-state index is 12.4. The molecule has 0 saturated carbocycles. The van der Waals surface area contributed by atoms with Crippen molar-refractivity contribution in [2.24, 2.45) is 0 Å². The fourth-order valence-electron chi connectivity index (χ4n) is 6.48. The van der Waals surface area contributed by atoms with E-state index >= 15 is 0 Å². The molecule has 0 aliphatic carbocycles. The van der Waals surface area contributed by atoms with Crippen LogP contribution in [0.4, 0.5) is 11.4 Å². The van der Waals surface area contributed by atoms with Crippen LogP contribution in [-0.4, -0.2) is 89.9 Å². The zero-order valence-corrected chi connectivity index (χ0v) is 24.4. The van der Waals surface area contributed by atoms with E-state index < -0.39 is 0 Å². The van der Waals surface area contributed by atoms with E-state index in [-0.39, 0.29) is 10.9 Å². The Morgan fingerprint density at radius 2 is 2.00 bits per heavy atom. The lowest BCUT2D eigenvalue weighted by Gasteiger charge is -2.39. The summed E-state index contributed by atoms with van der Waals surface area (Å²) in [5.41, 5.74) is 6.71. The van der Waals surface area contributed by atoms with Crippen molar-refractivity contribution < 1.29 is 9.53 Å². The lowest BCUT2D eigenvalue weighted by Crippen LogP contribution is -2.49. The molecule has 1 atom stereocenters. The predicted octanol–water partition coefficient (Wildman–Crippen LogP) is 3.57. The first-order valence-corrected chi connectivity index (χ1v) is 14.6. The summed E-state index contributed by atoms with van der Waals surface area (Å²) in [7, 11) is 2.12. The Morgan fingerprint density at radius 3 is 2.71 bits per heavy atom. The van der Waals surface area contributed by atoms with E-state index in [9.17, 15) is 10.1 Å². The summed E-state index contributed by atoms with van der Waals surface area (Å²) in [5.74, 6) is 0.155. The number of halogens is 1. The Balaban J connectivity index is 1.36. The van der Waals surface area contributed by atoms with Gasteiger partial charge in [-0.3, -0.25) is 9.89 Å². The molecule has 2 fully saturated rings. The molecule has 0 bridgehead atoms. The van der Waals surface area contributed by atoms with Crippen LogP contribution in [0.3, 0.4) is 0 Å². The molecular weight excluding hydrogens is 540 g/mol. The number of ether oxygens (including phenoxy) is 1. The molecule has 41 heavy (non-hydrogen) atoms. The SMILES string of the molecule is C=C(Cl)C(=O)N1CCN(c2c(C#N)c(OCC3CCCN3C)nc3c2CCN(c2c(C)ccc4[nH]ncc24)C3)CC1. The summed E-state index contributed by atoms with van der Waals surface area (Å²) in [5, 5.41) is 18.9. The van der Waals surface area contributed by atoms with Crippen molar-refractivity contribution in [3.63, 3.8) is 0 Å². The molecule has 1 amide bonds. The van der Waals surface area contributed by atoms with Crippen LogP contribution in [0.2, 0.25) is 0 Å². The fourth-order valence-corrected chi connectivity index (χ4v) is 6.60. The van der Waals surface area contributed by atoms with Gasteiger partial charge in [0, 0.05) is 49.7 Å². The van der Waals surface area contributed by atoms with E-state index in [1.807, 2.05) is 6.20 Å². The van der Waals surface area contributed by atoms with E-state index in [1.54, 1.807) is 4.90 Å². The molecule has 2 aromatic heterocycles. The van der Waals surface area contributed by atoms with Gasteiger partial charge < -0.3 is 24.3 Å². The van der Waals surface area contributed by atoms with Crippen molar-refractivity contribution in [2.75, 3.05) is 62.7 Å². The van der Waals surface area contributed by atoms with Crippen molar-refractivity contribution in [1.29, 1.82) is 5.26 Å². The van der Waals surface area contributed by atoms with E-state index in [0.717, 1.165) is 65.9 Å². The summed E-state index contributed by atoms with van der Waals surface area (Å²) in [6.07, 6.45) is 4.83. The van der Waals surface area contributed by atoms with Crippen molar-refractivity contribution >= 4 is 39.8 Å². The van der Waals surface area contributed by atoms with Crippen LogP contribution in [0.15, 0.2) is 29.9 Å². The van der Waals surface area contributed by atoms with Crippen molar-refractivity contribution in [3.05, 3.63) is 52.3 Å². The Morgan fingerprint density at radius 1 is 1.20 bits per heavy atom. The molecule has 6 rings (SSSR count). The molecule has 1 unspecified atom stereocenters. The van der Waals surface area contributed by atoms with Crippen LogP contribution in [0.5, 0.6) is 5.88 Å². The summed E-state index contributed by atoms with van der Waals surface area (Å²) >= 11 is 5.90. The van der Waals surface area contributed by atoms with Crippen molar-refractivity contribution in [3.8, 4) is 11.9 Å². The molecule has 1 N–H and O–H groups in total. The number of carbonyl (C=O) groups is 1. The lowest BCUT2D eigenvalue weighted by atomic mass is 9.97. The van der Waals surface area contributed by atoms with Gasteiger partial charge in [-0.2, -0.15) is 10.4 Å². The number of aromatic amines is 1. The number of likely N-dealkylation sites (tertiary alicyclic amines) is 1. The molecule has 0 spiro atoms. The van der Waals surface area contributed by atoms with Crippen LogP contribution < -0.4 is 14.5 Å². The highest BCUT2D eigenvalue weighted by Gasteiger charge is 2.33. The minimum atomic E-state index is -0.243. The van der Waals surface area contributed by atoms with Gasteiger partial charge in [0.15, 0.2) is 0 Å². The van der Waals surface area contributed by atoms with Gasteiger partial charge in [-0.05, 0) is 51.4 Å². The van der Waals surface area contributed by atoms with E-state index in [0.29, 0.717) is 56.8 Å². The molecule has 2 saturated heterocycles. The Labute approximate surface area is 245 Å². The normalized spacial score (nSPS) is 19.4. The molecule has 214 valence electrons. The number of pyridine rings is 1. The monoisotopic (exact) mass is 574 g/mol. The lowest BCUT2D eigenvalue weighted by molar-refractivity contribution is -0.126. The van der Waals surface area contributed by atoms with Gasteiger partial charge >= 0.3 is 0 Å². The quantitative estimate of drug-likeness (QED) is 0.446. The largest absolute Gasteiger partial charge is 0.475 e. The molecule has 1 aromatic carbocycles. The third kappa shape index (κ3) is 5.09. The van der Waals surface area contributed by atoms with Gasteiger partial charge in [0.05, 0.1) is 40.4 Å². The number of hydrogen-bond donors (Lipinski definition) is 1. The number of benzene rings is 1. The number of nitrogens with one attached hydrogen (secondary N) is 1. The zero-order chi connectivity index (χ0) is 28.7. The maximum atomic E-state index is 12.4. The fraction of sp³-hybridized carbons (Fsp3) is 0.467. The number of hydrogen-bond acceptors (Lipinski definition) is 8. The maximum Gasteiger partial charge on any atom is 0.264 e. The second-order valence-corrected chi connectivity index (χ2v) is 11.6. The van der Waals surface area contributed by atoms with Crippen LogP contribution >= 0.6 is 11.6 Å². The third-order valence-corrected chi connectivity index (χ3v) is 8.88. The summed E-state index contributed by atoms with van der Waals surface area (Å²) < 4.78 is 6.36. The van der Waals surface area contributed by atoms with Gasteiger partial charge in [0.2, 0.25) is 5.88 Å². The standard InChI is InChI=1S/C30H35ClN8O2/c1-19-6-7-25-24(16-33-35-25)27(19)39-10-8-22-26(17-39)34-29(41-18-21-5-4-9-36(21)3)23(15-32)28(22)37-11-13-38(14-12-37)30(40)20(2)31/h6-7,16,21H,2,4-5,8-14,17-18H2,1,3H3,(H,33,35). The number of likely N-dealkylation sites (N-methyl/N-ethyl adjacent to an activating group) is 1. The molecule has 11 heteroatoms. The Hall–Kier alpha value is -3.81. The second-order valence-electron chi connectivity index (χ2n) is 11.2. The minimum absolute atomic E-state index is 0.0213. The number of H-pyrrole nitrogens is 1. The smallest absolute Gasteiger partial charge is 0.264 e. The van der Waals surface area contributed by atoms with Crippen molar-refractivity contribution in [1.82, 2.24) is 25.0 Å². The minimum Gasteiger partial charge on any atom is -0.475 e. The number of nitriles is 1. The van der Waals surface area contributed by atoms with Gasteiger partial charge in [-0.15, -0.1) is 0 Å². The number of aromatic nitrogens is 3. The Kier molecular flexibility index (Phi) is 7.49. The van der Waals surface area contributed by atoms with Crippen LogP contribution in [0, 0.1) is 18.3 Å². The highest BCUT2D eigenvalue weighted by atomic mass is 35.5. The number of fused-ring (bicyclic) bond motifs is 2. The number of nitrogens with zero attached hydrogens (tertiary/aromatic N) is 7. The van der Waals surface area contributed by atoms with Gasteiger partial charge in [0.1, 0.15) is 18.2 Å². The average molecular weight is 575 g/mol. The molecule has 3 aromatic rings. The van der Waals surface area contributed by atoms with Crippen LogP contribution in [-0.2, 0) is 17.8 Å². The molecule has 3 aliphatic heterocycles. The number of piperazine rings is 1. The third-order valence-electron chi connectivity index (χ3n) is 8.72. The number of anilines is 2. The summed E-state index contributed by atoms with van der Waals surface area (Å²) in [4.78, 5) is 26.1. The highest BCUT2D eigenvalue weighted by Crippen LogP contribution is 2.39. The first kappa shape index (κ1) is 27.4. The van der Waals surface area contributed by atoms with Gasteiger partial charge in [-0.25, -0.2) is 4.98 Å². The first-order chi connectivity index (χ1) is 19.9. The predicted molar refractivity (Wildman–Crippen MR) is 159 cm³/mol. The molecular formula is C30H35ClN8O2. The van der Waals surface area contributed by atoms with Gasteiger partial charge in [0.25, 0.3) is 5.91 Å². The molecule has 5 heterocycles. The molecule has 3 aliphatic rings. The number of amides is 1. The first-order valence-electron chi connectivity index (χ1n) is 14.2. The zero-order valence-electron chi connectivity index (χ0n) is 23.6. The van der Waals surface area contributed by atoms with E-state index in [2.05, 4.69) is 63.6 Å². The second kappa shape index (κ2) is 11.2. The average Bonchev–Trinajstić information content (AvgIpc) is 3.63. The van der Waals surface area contributed by atoms with Crippen LogP contribution in [0.1, 0.15) is 35.2 Å². The van der Waals surface area contributed by atoms with Gasteiger partial charge in [-0.1, -0.05) is 24.2 Å².